The van der Waals surface area contributed by atoms with Crippen LogP contribution in [0.2, 0.25) is 0 Å². The fourth-order valence-electron chi connectivity index (χ4n) is 3.19. The number of carbonyl (C=O) groups excluding carboxylic acids is 1. The molecule has 24 heavy (non-hydrogen) atoms. The Morgan fingerprint density at radius 3 is 2.92 bits per heavy atom. The quantitative estimate of drug-likeness (QED) is 0.782. The van der Waals surface area contributed by atoms with Crippen molar-refractivity contribution >= 4 is 17.2 Å². The Labute approximate surface area is 139 Å². The van der Waals surface area contributed by atoms with Crippen LogP contribution >= 0.6 is 0 Å². The molecule has 3 aromatic heterocycles. The van der Waals surface area contributed by atoms with Gasteiger partial charge in [-0.3, -0.25) is 4.79 Å². The zero-order chi connectivity index (χ0) is 16.8. The SMILES string of the molecule is Cc1ccc(-c2nc3c(N)cc(C(=O)N4CCCC4C)cn3n2)o1. The van der Waals surface area contributed by atoms with E-state index in [1.807, 2.05) is 24.0 Å². The number of hydrogen-bond donors (Lipinski definition) is 1. The Morgan fingerprint density at radius 2 is 2.25 bits per heavy atom. The normalized spacial score (nSPS) is 17.8. The smallest absolute Gasteiger partial charge is 0.255 e. The summed E-state index contributed by atoms with van der Waals surface area (Å²) in [4.78, 5) is 19.0. The summed E-state index contributed by atoms with van der Waals surface area (Å²) in [5.41, 5.74) is 7.57. The summed E-state index contributed by atoms with van der Waals surface area (Å²) in [6, 6.07) is 5.60. The van der Waals surface area contributed by atoms with Crippen LogP contribution in [0.15, 0.2) is 28.8 Å². The summed E-state index contributed by atoms with van der Waals surface area (Å²) in [6.45, 7) is 4.72. The molecule has 7 nitrogen and oxygen atoms in total. The molecule has 2 N–H and O–H groups in total. The van der Waals surface area contributed by atoms with E-state index in [9.17, 15) is 4.79 Å². The third kappa shape index (κ3) is 2.33. The Bertz CT molecular complexity index is 926. The Morgan fingerprint density at radius 1 is 1.42 bits per heavy atom. The molecule has 0 bridgehead atoms. The van der Waals surface area contributed by atoms with Crippen LogP contribution in [0, 0.1) is 6.92 Å². The maximum Gasteiger partial charge on any atom is 0.255 e. The van der Waals surface area contributed by atoms with Gasteiger partial charge in [-0.25, -0.2) is 9.50 Å². The van der Waals surface area contributed by atoms with E-state index in [2.05, 4.69) is 17.0 Å². The predicted molar refractivity (Wildman–Crippen MR) is 89.6 cm³/mol. The number of fused-ring (bicyclic) bond motifs is 1. The van der Waals surface area contributed by atoms with Crippen LogP contribution in [-0.4, -0.2) is 38.0 Å². The van der Waals surface area contributed by atoms with Gasteiger partial charge in [0.25, 0.3) is 5.91 Å². The van der Waals surface area contributed by atoms with Crippen molar-refractivity contribution in [2.24, 2.45) is 0 Å². The maximum absolute atomic E-state index is 12.7. The van der Waals surface area contributed by atoms with Crippen molar-refractivity contribution in [3.63, 3.8) is 0 Å². The molecule has 7 heteroatoms. The van der Waals surface area contributed by atoms with Gasteiger partial charge in [-0.2, -0.15) is 0 Å². The Balaban J connectivity index is 1.75. The highest BCUT2D eigenvalue weighted by Gasteiger charge is 2.27. The van der Waals surface area contributed by atoms with Gasteiger partial charge in [0.2, 0.25) is 5.82 Å². The molecule has 1 fully saturated rings. The summed E-state index contributed by atoms with van der Waals surface area (Å²) in [6.07, 6.45) is 3.76. The zero-order valence-corrected chi connectivity index (χ0v) is 13.7. The molecular weight excluding hydrogens is 306 g/mol. The van der Waals surface area contributed by atoms with Crippen LogP contribution in [0.3, 0.4) is 0 Å². The molecule has 0 aliphatic carbocycles. The van der Waals surface area contributed by atoms with Crippen LogP contribution in [0.25, 0.3) is 17.2 Å². The van der Waals surface area contributed by atoms with Gasteiger partial charge in [0.15, 0.2) is 11.4 Å². The second kappa shape index (κ2) is 5.36. The lowest BCUT2D eigenvalue weighted by atomic mass is 10.2. The van der Waals surface area contributed by atoms with Crippen LogP contribution in [0.1, 0.15) is 35.9 Å². The van der Waals surface area contributed by atoms with Crippen LogP contribution in [-0.2, 0) is 0 Å². The molecule has 0 spiro atoms. The first-order valence-corrected chi connectivity index (χ1v) is 8.06. The lowest BCUT2D eigenvalue weighted by Gasteiger charge is -2.21. The summed E-state index contributed by atoms with van der Waals surface area (Å²) in [5.74, 6) is 1.81. The van der Waals surface area contributed by atoms with Gasteiger partial charge in [0, 0.05) is 18.8 Å². The minimum absolute atomic E-state index is 0.0144. The topological polar surface area (TPSA) is 89.7 Å². The number of nitrogens with two attached hydrogens (primary N) is 1. The fraction of sp³-hybridized carbons (Fsp3) is 0.353. The molecule has 1 atom stereocenters. The van der Waals surface area contributed by atoms with Gasteiger partial charge in [-0.05, 0) is 44.9 Å². The van der Waals surface area contributed by atoms with E-state index in [-0.39, 0.29) is 11.9 Å². The van der Waals surface area contributed by atoms with Crippen molar-refractivity contribution in [2.45, 2.75) is 32.7 Å². The number of hydrogen-bond acceptors (Lipinski definition) is 5. The van der Waals surface area contributed by atoms with Crippen molar-refractivity contribution in [3.8, 4) is 11.6 Å². The van der Waals surface area contributed by atoms with Crippen molar-refractivity contribution in [2.75, 3.05) is 12.3 Å². The van der Waals surface area contributed by atoms with Gasteiger partial charge in [-0.1, -0.05) is 0 Å². The summed E-state index contributed by atoms with van der Waals surface area (Å²) >= 11 is 0. The average Bonchev–Trinajstić information content (AvgIpc) is 3.25. The van der Waals surface area contributed by atoms with Gasteiger partial charge in [-0.15, -0.1) is 5.10 Å². The third-order valence-electron chi connectivity index (χ3n) is 4.48. The number of carbonyl (C=O) groups is 1. The Hall–Kier alpha value is -2.83. The average molecular weight is 325 g/mol. The van der Waals surface area contributed by atoms with Gasteiger partial charge in [0.05, 0.1) is 11.3 Å². The molecule has 4 heterocycles. The number of anilines is 1. The van der Waals surface area contributed by atoms with Gasteiger partial charge in [0.1, 0.15) is 5.76 Å². The summed E-state index contributed by atoms with van der Waals surface area (Å²) in [5, 5.41) is 4.41. The van der Waals surface area contributed by atoms with Crippen molar-refractivity contribution < 1.29 is 9.21 Å². The minimum Gasteiger partial charge on any atom is -0.458 e. The summed E-state index contributed by atoms with van der Waals surface area (Å²) < 4.78 is 7.11. The van der Waals surface area contributed by atoms with Crippen LogP contribution < -0.4 is 5.73 Å². The van der Waals surface area contributed by atoms with E-state index in [4.69, 9.17) is 10.2 Å². The minimum atomic E-state index is -0.0144. The van der Waals surface area contributed by atoms with E-state index in [1.165, 1.54) is 0 Å². The zero-order valence-electron chi connectivity index (χ0n) is 13.7. The molecule has 4 rings (SSSR count). The number of furan rings is 1. The lowest BCUT2D eigenvalue weighted by Crippen LogP contribution is -2.33. The molecule has 1 aliphatic rings. The van der Waals surface area contributed by atoms with E-state index in [1.54, 1.807) is 16.8 Å². The van der Waals surface area contributed by atoms with E-state index in [0.29, 0.717) is 28.5 Å². The van der Waals surface area contributed by atoms with Crippen molar-refractivity contribution in [1.82, 2.24) is 19.5 Å². The van der Waals surface area contributed by atoms with Crippen molar-refractivity contribution in [1.29, 1.82) is 0 Å². The largest absolute Gasteiger partial charge is 0.458 e. The first-order chi connectivity index (χ1) is 11.5. The molecule has 1 amide bonds. The number of likely N-dealkylation sites (tertiary alicyclic amines) is 1. The number of aromatic nitrogens is 3. The van der Waals surface area contributed by atoms with Crippen LogP contribution in [0.4, 0.5) is 5.69 Å². The molecular formula is C17H19N5O2. The van der Waals surface area contributed by atoms with Gasteiger partial charge < -0.3 is 15.1 Å². The standard InChI is InChI=1S/C17H19N5O2/c1-10-4-3-7-21(10)17(23)12-8-13(18)16-19-15(20-22(16)9-12)14-6-5-11(2)24-14/h5-6,8-10H,3-4,7,18H2,1-2H3. The number of rotatable bonds is 2. The van der Waals surface area contributed by atoms with Gasteiger partial charge >= 0.3 is 0 Å². The predicted octanol–water partition coefficient (Wildman–Crippen LogP) is 2.50. The first kappa shape index (κ1) is 14.7. The molecule has 1 unspecified atom stereocenters. The second-order valence-electron chi connectivity index (χ2n) is 6.29. The van der Waals surface area contributed by atoms with E-state index < -0.39 is 0 Å². The molecule has 3 aromatic rings. The highest BCUT2D eigenvalue weighted by Crippen LogP contribution is 2.24. The molecule has 124 valence electrons. The number of aryl methyl sites for hydroxylation is 1. The second-order valence-corrected chi connectivity index (χ2v) is 6.29. The maximum atomic E-state index is 12.7. The number of pyridine rings is 1. The van der Waals surface area contributed by atoms with E-state index >= 15 is 0 Å². The Kier molecular flexibility index (Phi) is 3.30. The third-order valence-corrected chi connectivity index (χ3v) is 4.48. The molecule has 0 saturated carbocycles. The van der Waals surface area contributed by atoms with Crippen LogP contribution in [0.5, 0.6) is 0 Å². The van der Waals surface area contributed by atoms with E-state index in [0.717, 1.165) is 25.1 Å². The lowest BCUT2D eigenvalue weighted by molar-refractivity contribution is 0.0747. The molecule has 1 aliphatic heterocycles. The monoisotopic (exact) mass is 325 g/mol. The van der Waals surface area contributed by atoms with Crippen molar-refractivity contribution in [3.05, 3.63) is 35.7 Å². The molecule has 0 radical (unpaired) electrons. The fourth-order valence-corrected chi connectivity index (χ4v) is 3.19. The number of nitrogen functional groups attached to an aromatic ring is 1. The highest BCUT2D eigenvalue weighted by molar-refractivity contribution is 5.96. The molecule has 0 aromatic carbocycles. The first-order valence-electron chi connectivity index (χ1n) is 8.06. The summed E-state index contributed by atoms with van der Waals surface area (Å²) in [7, 11) is 0. The number of nitrogens with zero attached hydrogens (tertiary/aromatic N) is 4. The number of amides is 1. The highest BCUT2D eigenvalue weighted by atomic mass is 16.3. The molecule has 1 saturated heterocycles.